The summed E-state index contributed by atoms with van der Waals surface area (Å²) in [5, 5.41) is 35.3. The molecule has 0 fully saturated rings. The smallest absolute Gasteiger partial charge is 0.338 e. The summed E-state index contributed by atoms with van der Waals surface area (Å²) in [6.07, 6.45) is 11.4. The Kier molecular flexibility index (Phi) is 14.7. The van der Waals surface area contributed by atoms with Gasteiger partial charge in [-0.2, -0.15) is 0 Å². The minimum absolute atomic E-state index is 0.0608. The van der Waals surface area contributed by atoms with E-state index in [-0.39, 0.29) is 33.9 Å². The highest BCUT2D eigenvalue weighted by Gasteiger charge is 2.25. The third kappa shape index (κ3) is 10.6. The van der Waals surface area contributed by atoms with Crippen molar-refractivity contribution in [2.45, 2.75) is 57.8 Å². The fourth-order valence-electron chi connectivity index (χ4n) is 9.60. The number of thiophene rings is 2. The fourth-order valence-corrected chi connectivity index (χ4v) is 12.4. The number of anilines is 3. The number of aromatic carboxylic acids is 1. The topological polar surface area (TPSA) is 289 Å². The summed E-state index contributed by atoms with van der Waals surface area (Å²) in [4.78, 5) is 73.7. The van der Waals surface area contributed by atoms with Crippen molar-refractivity contribution in [1.82, 2.24) is 19.5 Å². The van der Waals surface area contributed by atoms with Crippen LogP contribution in [-0.4, -0.2) is 52.5 Å². The molecule has 0 unspecified atom stereocenters. The van der Waals surface area contributed by atoms with Crippen molar-refractivity contribution in [3.8, 4) is 5.69 Å². The number of aliphatic carboxylic acids is 1. The Labute approximate surface area is 449 Å². The molecular formula is C56H46N8O10S3. The van der Waals surface area contributed by atoms with E-state index in [1.165, 1.54) is 31.7 Å². The average Bonchev–Trinajstić information content (AvgIpc) is 4.33. The van der Waals surface area contributed by atoms with E-state index in [9.17, 15) is 29.3 Å². The number of H-pyrrole nitrogens is 1. The Morgan fingerprint density at radius 3 is 2.04 bits per heavy atom. The van der Waals surface area contributed by atoms with Crippen molar-refractivity contribution in [3.63, 3.8) is 0 Å². The minimum atomic E-state index is -0.878. The average molecular weight is 1090 g/mol. The predicted octanol–water partition coefficient (Wildman–Crippen LogP) is 12.2. The minimum Gasteiger partial charge on any atom is -0.481 e. The molecule has 0 aliphatic heterocycles. The summed E-state index contributed by atoms with van der Waals surface area (Å²) >= 11 is 8.75. The first-order chi connectivity index (χ1) is 37.2. The molecule has 388 valence electrons. The Morgan fingerprint density at radius 2 is 1.38 bits per heavy atom. The monoisotopic (exact) mass is 1090 g/mol. The highest BCUT2D eigenvalue weighted by molar-refractivity contribution is 7.71. The molecule has 1 amide bonds. The number of furan rings is 2. The van der Waals surface area contributed by atoms with Crippen molar-refractivity contribution in [1.29, 1.82) is 0 Å². The van der Waals surface area contributed by atoms with Gasteiger partial charge in [0.05, 0.1) is 38.3 Å². The van der Waals surface area contributed by atoms with Gasteiger partial charge in [0.15, 0.2) is 10.5 Å². The van der Waals surface area contributed by atoms with E-state index < -0.39 is 22.8 Å². The second kappa shape index (κ2) is 22.0. The van der Waals surface area contributed by atoms with Crippen LogP contribution in [0.4, 0.5) is 22.1 Å². The van der Waals surface area contributed by atoms with Gasteiger partial charge in [-0.15, -0.1) is 22.7 Å². The number of carboxylic acids is 2. The quantitative estimate of drug-likeness (QED) is 0.0374. The maximum atomic E-state index is 14.0. The van der Waals surface area contributed by atoms with Crippen LogP contribution < -0.4 is 22.3 Å². The summed E-state index contributed by atoms with van der Waals surface area (Å²) in [5.74, 6) is -1.51. The second-order valence-corrected chi connectivity index (χ2v) is 20.6. The van der Waals surface area contributed by atoms with Crippen LogP contribution in [0.5, 0.6) is 0 Å². The number of nitrogen functional groups attached to an aromatic ring is 2. The number of carbonyl (C=O) groups is 3. The number of hydrogen-bond acceptors (Lipinski definition) is 15. The molecule has 0 saturated heterocycles. The maximum absolute atomic E-state index is 14.0. The van der Waals surface area contributed by atoms with Gasteiger partial charge in [0.1, 0.15) is 38.9 Å². The zero-order valence-electron chi connectivity index (χ0n) is 40.7. The summed E-state index contributed by atoms with van der Waals surface area (Å²) in [6, 6.07) is 32.0. The van der Waals surface area contributed by atoms with Crippen LogP contribution in [0.1, 0.15) is 73.2 Å². The molecule has 21 heteroatoms. The molecule has 0 spiro atoms. The molecule has 2 aliphatic carbocycles. The molecule has 8 N–H and O–H groups in total. The normalized spacial score (nSPS) is 12.6. The summed E-state index contributed by atoms with van der Waals surface area (Å²) in [5.41, 5.74) is 17.3. The molecule has 0 radical (unpaired) electrons. The zero-order valence-corrected chi connectivity index (χ0v) is 43.2. The van der Waals surface area contributed by atoms with Crippen LogP contribution in [-0.2, 0) is 36.9 Å². The summed E-state index contributed by atoms with van der Waals surface area (Å²) in [7, 11) is 0. The Bertz CT molecular complexity index is 4180. The first-order valence-corrected chi connectivity index (χ1v) is 26.4. The summed E-state index contributed by atoms with van der Waals surface area (Å²) < 4.78 is 12.9. The molecule has 7 aromatic heterocycles. The lowest BCUT2D eigenvalue weighted by Gasteiger charge is -2.16. The summed E-state index contributed by atoms with van der Waals surface area (Å²) in [6.45, 7) is 0. The van der Waals surface area contributed by atoms with E-state index >= 15 is 0 Å². The van der Waals surface area contributed by atoms with E-state index in [4.69, 9.17) is 42.7 Å². The van der Waals surface area contributed by atoms with Crippen LogP contribution in [0.3, 0.4) is 0 Å². The highest BCUT2D eigenvalue weighted by Crippen LogP contribution is 2.38. The number of aromatic nitrogens is 4. The number of rotatable bonds is 7. The van der Waals surface area contributed by atoms with E-state index in [1.54, 1.807) is 66.2 Å². The third-order valence-electron chi connectivity index (χ3n) is 13.1. The highest BCUT2D eigenvalue weighted by atomic mass is 32.1. The number of nitro benzene ring substituents is 1. The molecule has 0 saturated carbocycles. The van der Waals surface area contributed by atoms with Gasteiger partial charge in [-0.3, -0.25) is 39.0 Å². The molecule has 7 heterocycles. The molecule has 11 aromatic rings. The zero-order chi connectivity index (χ0) is 53.9. The number of nitro groups is 1. The van der Waals surface area contributed by atoms with Gasteiger partial charge >= 0.3 is 11.9 Å². The largest absolute Gasteiger partial charge is 0.481 e. The van der Waals surface area contributed by atoms with Crippen molar-refractivity contribution in [2.24, 2.45) is 0 Å². The number of nitrogens with one attached hydrogen (secondary N) is 2. The Hall–Kier alpha value is -9.05. The number of nitrogens with two attached hydrogens (primary N) is 2. The van der Waals surface area contributed by atoms with Crippen molar-refractivity contribution in [2.75, 3.05) is 16.8 Å². The molecule has 4 aromatic carbocycles. The SMILES string of the molecule is Nc1c([N+](=O)[O-])ccc2ncccc12.Nc1sc2c(c1C(=O)O)CCCC2.O=C(Nc1c(-n2c(=S)[nH]c3sc4c(c3c2=O)CCCC4)ccc2ncccc12)c1cc2ccccc2o1.O=C(O)Cc1cc2ccccc2o1. The van der Waals surface area contributed by atoms with Crippen LogP contribution in [0.2, 0.25) is 0 Å². The standard InChI is InChI=1S/C28H20N4O3S2.C10H8O3.C9H7N3O2.C9H11NO2S/c33-25(21-14-15-6-1-3-9-20(15)35-21)30-24-16-8-5-13-29-18(16)11-12-19(24)32-27(34)23-17-7-2-4-10-22(17)37-26(23)31-28(32)36;11-10(12)6-8-5-7-3-1-2-4-9(7)13-8;10-9-6-2-1-5-11-7(6)3-4-8(9)12(13)14;10-8-7(9(11)12)5-3-1-2-4-6(5)13-8/h1,3,5-6,8-9,11-14H,2,4,7,10H2,(H,30,33)(H,31,36);1-5H,6H2,(H,11,12);1-5H,10H2;1-4,10H2,(H,11,12). The second-order valence-electron chi connectivity index (χ2n) is 18.0. The lowest BCUT2D eigenvalue weighted by molar-refractivity contribution is -0.383. The van der Waals surface area contributed by atoms with Crippen LogP contribution in [0, 0.1) is 14.9 Å². The van der Waals surface area contributed by atoms with E-state index in [0.29, 0.717) is 60.5 Å². The van der Waals surface area contributed by atoms with Crippen LogP contribution in [0.25, 0.3) is 59.6 Å². The number of para-hydroxylation sites is 2. The molecular weight excluding hydrogens is 1040 g/mol. The van der Waals surface area contributed by atoms with Gasteiger partial charge in [0, 0.05) is 49.8 Å². The predicted molar refractivity (Wildman–Crippen MR) is 301 cm³/mol. The molecule has 0 atom stereocenters. The number of amides is 1. The Morgan fingerprint density at radius 1 is 0.766 bits per heavy atom. The third-order valence-corrected chi connectivity index (χ3v) is 15.7. The molecule has 2 aliphatic rings. The van der Waals surface area contributed by atoms with E-state index in [1.807, 2.05) is 60.7 Å². The fraction of sp³-hybridized carbons (Fsp3) is 0.161. The number of hydrogen-bond donors (Lipinski definition) is 6. The first-order valence-electron chi connectivity index (χ1n) is 24.3. The first kappa shape index (κ1) is 51.4. The van der Waals surface area contributed by atoms with Gasteiger partial charge in [0.25, 0.3) is 17.2 Å². The molecule has 77 heavy (non-hydrogen) atoms. The van der Waals surface area contributed by atoms with E-state index in [0.717, 1.165) is 83.7 Å². The van der Waals surface area contributed by atoms with Gasteiger partial charge in [-0.1, -0.05) is 36.4 Å². The van der Waals surface area contributed by atoms with Gasteiger partial charge < -0.3 is 40.8 Å². The van der Waals surface area contributed by atoms with Crippen molar-refractivity contribution < 1.29 is 38.4 Å². The number of pyridine rings is 2. The Balaban J connectivity index is 0.000000137. The van der Waals surface area contributed by atoms with Gasteiger partial charge in [-0.25, -0.2) is 4.79 Å². The number of aryl methyl sites for hydroxylation is 3. The van der Waals surface area contributed by atoms with Crippen molar-refractivity contribution in [3.05, 3.63) is 185 Å². The number of nitrogens with zero attached hydrogens (tertiary/aromatic N) is 4. The molecule has 18 nitrogen and oxygen atoms in total. The van der Waals surface area contributed by atoms with Gasteiger partial charge in [-0.05, 0) is 141 Å². The molecule has 13 rings (SSSR count). The van der Waals surface area contributed by atoms with Crippen LogP contribution >= 0.6 is 34.9 Å². The number of aromatic amines is 1. The van der Waals surface area contributed by atoms with Crippen molar-refractivity contribution >= 4 is 129 Å². The number of fused-ring (bicyclic) bond motifs is 8. The molecule has 0 bridgehead atoms. The number of carbonyl (C=O) groups excluding carboxylic acids is 1. The lowest BCUT2D eigenvalue weighted by atomic mass is 9.96. The number of benzene rings is 4. The van der Waals surface area contributed by atoms with Crippen LogP contribution in [0.15, 0.2) is 135 Å². The van der Waals surface area contributed by atoms with Gasteiger partial charge in [0.2, 0.25) is 0 Å². The number of carboxylic acid groups (broad SMARTS) is 2. The maximum Gasteiger partial charge on any atom is 0.338 e. The lowest BCUT2D eigenvalue weighted by Crippen LogP contribution is -2.23. The van der Waals surface area contributed by atoms with E-state index in [2.05, 4.69) is 20.3 Å².